The summed E-state index contributed by atoms with van der Waals surface area (Å²) in [5.74, 6) is 1.77. The van der Waals surface area contributed by atoms with Gasteiger partial charge < -0.3 is 44.6 Å². The van der Waals surface area contributed by atoms with E-state index in [-0.39, 0.29) is 37.4 Å². The number of rotatable bonds is 15. The third-order valence-electron chi connectivity index (χ3n) is 10.8. The van der Waals surface area contributed by atoms with Crippen LogP contribution in [0.5, 0.6) is 5.75 Å². The molecule has 0 saturated carbocycles. The van der Waals surface area contributed by atoms with Crippen molar-refractivity contribution < 1.29 is 33.4 Å². The highest BCUT2D eigenvalue weighted by Crippen LogP contribution is 2.42. The number of fused-ring (bicyclic) bond motifs is 6. The van der Waals surface area contributed by atoms with Crippen molar-refractivity contribution in [3.63, 3.8) is 0 Å². The van der Waals surface area contributed by atoms with Crippen LogP contribution in [0.1, 0.15) is 62.4 Å². The summed E-state index contributed by atoms with van der Waals surface area (Å²) >= 11 is 0. The van der Waals surface area contributed by atoms with Crippen molar-refractivity contribution in [1.29, 1.82) is 0 Å². The van der Waals surface area contributed by atoms with E-state index in [0.717, 1.165) is 61.9 Å². The number of ether oxygens (including phenoxy) is 3. The van der Waals surface area contributed by atoms with Crippen LogP contribution < -0.4 is 15.4 Å². The number of amides is 4. The molecular weight excluding hydrogens is 765 g/mol. The van der Waals surface area contributed by atoms with Gasteiger partial charge in [0.1, 0.15) is 36.6 Å². The minimum absolute atomic E-state index is 0.170. The van der Waals surface area contributed by atoms with Crippen molar-refractivity contribution in [3.05, 3.63) is 102 Å². The van der Waals surface area contributed by atoms with Gasteiger partial charge >= 0.3 is 12.2 Å². The van der Waals surface area contributed by atoms with E-state index in [9.17, 15) is 19.2 Å². The summed E-state index contributed by atoms with van der Waals surface area (Å²) in [6.45, 7) is 7.82. The van der Waals surface area contributed by atoms with Gasteiger partial charge in [0, 0.05) is 24.0 Å². The molecule has 7 rings (SSSR count). The van der Waals surface area contributed by atoms with Crippen LogP contribution in [0.4, 0.5) is 9.59 Å². The molecule has 1 aliphatic heterocycles. The molecule has 0 unspecified atom stereocenters. The molecule has 60 heavy (non-hydrogen) atoms. The average Bonchev–Trinajstić information content (AvgIpc) is 3.93. The Kier molecular flexibility index (Phi) is 12.6. The lowest BCUT2D eigenvalue weighted by molar-refractivity contribution is -0.134. The lowest BCUT2D eigenvalue weighted by Gasteiger charge is -2.27. The number of imidazole rings is 2. The van der Waals surface area contributed by atoms with Crippen molar-refractivity contribution in [2.24, 2.45) is 5.92 Å². The first-order valence-electron chi connectivity index (χ1n) is 20.1. The molecule has 2 atom stereocenters. The van der Waals surface area contributed by atoms with Crippen LogP contribution in [0.25, 0.3) is 44.2 Å². The Morgan fingerprint density at radius 1 is 0.883 bits per heavy atom. The topological polar surface area (TPSA) is 184 Å². The van der Waals surface area contributed by atoms with E-state index in [1.165, 1.54) is 14.2 Å². The summed E-state index contributed by atoms with van der Waals surface area (Å²) in [4.78, 5) is 70.7. The molecule has 4 aromatic carbocycles. The van der Waals surface area contributed by atoms with E-state index >= 15 is 0 Å². The molecule has 0 aliphatic carbocycles. The predicted octanol–water partition coefficient (Wildman–Crippen LogP) is 7.23. The van der Waals surface area contributed by atoms with Gasteiger partial charge in [-0.2, -0.15) is 0 Å². The minimum Gasteiger partial charge on any atom is -0.488 e. The van der Waals surface area contributed by atoms with Gasteiger partial charge in [0.25, 0.3) is 0 Å². The highest BCUT2D eigenvalue weighted by Gasteiger charge is 2.29. The van der Waals surface area contributed by atoms with Gasteiger partial charge in [-0.05, 0) is 64.2 Å². The number of aromatic nitrogens is 4. The number of hydrogen-bond acceptors (Lipinski definition) is 9. The number of carbonyl (C=O) groups excluding carboxylic acids is 4. The minimum atomic E-state index is -0.917. The number of H-pyrrole nitrogens is 2. The second-order valence-electron chi connectivity index (χ2n) is 15.0. The van der Waals surface area contributed by atoms with E-state index < -0.39 is 18.2 Å². The number of carbonyl (C=O) groups is 4. The highest BCUT2D eigenvalue weighted by atomic mass is 16.5. The van der Waals surface area contributed by atoms with Gasteiger partial charge in [-0.1, -0.05) is 75.7 Å². The maximum absolute atomic E-state index is 13.9. The highest BCUT2D eigenvalue weighted by molar-refractivity contribution is 6.07. The van der Waals surface area contributed by atoms with Crippen molar-refractivity contribution in [2.75, 3.05) is 33.9 Å². The monoisotopic (exact) mass is 814 g/mol. The Morgan fingerprint density at radius 2 is 1.67 bits per heavy atom. The molecule has 0 bridgehead atoms. The summed E-state index contributed by atoms with van der Waals surface area (Å²) in [6.07, 6.45) is 2.03. The molecule has 0 saturated heterocycles. The fourth-order valence-electron chi connectivity index (χ4n) is 7.45. The van der Waals surface area contributed by atoms with Crippen LogP contribution in [0.15, 0.2) is 79.0 Å². The number of nitrogens with one attached hydrogen (secondary N) is 4. The Labute approximate surface area is 347 Å². The Bertz CT molecular complexity index is 2520. The summed E-state index contributed by atoms with van der Waals surface area (Å²) in [6, 6.07) is 22.6. The molecule has 15 heteroatoms. The molecule has 15 nitrogen and oxygen atoms in total. The van der Waals surface area contributed by atoms with Gasteiger partial charge in [-0.25, -0.2) is 19.6 Å². The van der Waals surface area contributed by atoms with E-state index in [1.54, 1.807) is 28.1 Å². The number of nitrogens with zero attached hydrogens (tertiary/aromatic N) is 4. The van der Waals surface area contributed by atoms with Crippen molar-refractivity contribution in [1.82, 2.24) is 40.4 Å². The zero-order valence-corrected chi connectivity index (χ0v) is 34.5. The SMILES string of the molecule is CCCN(Cc1ncc(-c2ccc3c(c2)COc2cc4c(ccc5[nH]c(CN(C[C@@H](C)CC)C(=O)CNC(=O)OC)nc54)cc2-3)[nH]1)C(=O)[C@H](NC(=O)OC)c1ccccc1. The van der Waals surface area contributed by atoms with E-state index in [1.807, 2.05) is 43.3 Å². The molecule has 1 aliphatic rings. The third kappa shape index (κ3) is 9.04. The van der Waals surface area contributed by atoms with Crippen LogP contribution in [0, 0.1) is 5.92 Å². The molecule has 0 fully saturated rings. The lowest BCUT2D eigenvalue weighted by Crippen LogP contribution is -2.43. The molecule has 0 radical (unpaired) electrons. The Balaban J connectivity index is 1.10. The number of aromatic amines is 2. The fraction of sp³-hybridized carbons (Fsp3) is 0.333. The van der Waals surface area contributed by atoms with Gasteiger partial charge in [0.15, 0.2) is 0 Å². The lowest BCUT2D eigenvalue weighted by atomic mass is 9.92. The van der Waals surface area contributed by atoms with Crippen molar-refractivity contribution in [2.45, 2.75) is 59.4 Å². The molecular formula is C45H50N8O7. The van der Waals surface area contributed by atoms with E-state index in [2.05, 4.69) is 68.4 Å². The molecule has 6 aromatic rings. The summed E-state index contributed by atoms with van der Waals surface area (Å²) in [7, 11) is 2.53. The summed E-state index contributed by atoms with van der Waals surface area (Å²) in [5.41, 5.74) is 7.07. The third-order valence-corrected chi connectivity index (χ3v) is 10.8. The molecule has 312 valence electrons. The first-order chi connectivity index (χ1) is 29.1. The smallest absolute Gasteiger partial charge is 0.407 e. The predicted molar refractivity (Wildman–Crippen MR) is 227 cm³/mol. The van der Waals surface area contributed by atoms with Crippen LogP contribution in [0.2, 0.25) is 0 Å². The quantitative estimate of drug-likeness (QED) is 0.0831. The second-order valence-corrected chi connectivity index (χ2v) is 15.0. The largest absolute Gasteiger partial charge is 0.488 e. The summed E-state index contributed by atoms with van der Waals surface area (Å²) < 4.78 is 15.8. The van der Waals surface area contributed by atoms with Crippen LogP contribution in [-0.4, -0.2) is 87.6 Å². The first-order valence-corrected chi connectivity index (χ1v) is 20.1. The first kappa shape index (κ1) is 41.3. The van der Waals surface area contributed by atoms with E-state index in [0.29, 0.717) is 43.3 Å². The Hall–Kier alpha value is -6.90. The van der Waals surface area contributed by atoms with Gasteiger partial charge in [-0.15, -0.1) is 0 Å². The van der Waals surface area contributed by atoms with Crippen LogP contribution in [0.3, 0.4) is 0 Å². The maximum Gasteiger partial charge on any atom is 0.407 e. The summed E-state index contributed by atoms with van der Waals surface area (Å²) in [5, 5.41) is 7.11. The molecule has 2 aromatic heterocycles. The fourth-order valence-corrected chi connectivity index (χ4v) is 7.45. The van der Waals surface area contributed by atoms with Crippen LogP contribution in [-0.2, 0) is 38.8 Å². The number of methoxy groups -OCH3 is 2. The number of alkyl carbamates (subject to hydrolysis) is 2. The van der Waals surface area contributed by atoms with Crippen molar-refractivity contribution in [3.8, 4) is 28.1 Å². The Morgan fingerprint density at radius 3 is 2.42 bits per heavy atom. The second kappa shape index (κ2) is 18.4. The number of benzene rings is 4. The molecule has 3 heterocycles. The molecule has 4 N–H and O–H groups in total. The number of hydrogen-bond donors (Lipinski definition) is 4. The van der Waals surface area contributed by atoms with E-state index in [4.69, 9.17) is 14.5 Å². The van der Waals surface area contributed by atoms with Gasteiger partial charge in [0.05, 0.1) is 50.2 Å². The zero-order chi connectivity index (χ0) is 42.3. The normalized spacial score (nSPS) is 12.8. The zero-order valence-electron chi connectivity index (χ0n) is 34.5. The van der Waals surface area contributed by atoms with Crippen LogP contribution >= 0.6 is 0 Å². The molecule has 4 amide bonds. The maximum atomic E-state index is 13.9. The van der Waals surface area contributed by atoms with Gasteiger partial charge in [-0.3, -0.25) is 9.59 Å². The van der Waals surface area contributed by atoms with Gasteiger partial charge in [0.2, 0.25) is 11.8 Å². The van der Waals surface area contributed by atoms with Crippen molar-refractivity contribution >= 4 is 45.8 Å². The molecule has 0 spiro atoms. The average molecular weight is 815 g/mol. The standard InChI is InChI=1S/C45H50N8O7/c1-6-17-52(43(55)41(51-45(57)59-5)28-11-9-8-10-12-28)24-38-46-21-36(49-38)30-13-15-32-31(18-30)26-60-37-20-33-29(19-34(32)37)14-16-35-42(33)50-39(48-35)25-53(23-27(3)7-2)40(54)22-47-44(56)58-4/h8-16,18-21,27,41H,6-7,17,22-26H2,1-5H3,(H,46,49)(H,47,56)(H,48,50)(H,51,57)/t27-,41+/m0/s1.